The smallest absolute Gasteiger partial charge is 0.273 e. The minimum atomic E-state index is -0.193. The SMILES string of the molecule is Cc1ccc(CCC(=O)N2CCC(N3CCC(Oc4nccs4)CC3)CC2)cc1F. The fourth-order valence-corrected chi connectivity index (χ4v) is 5.00. The largest absolute Gasteiger partial charge is 0.467 e. The van der Waals surface area contributed by atoms with Gasteiger partial charge in [0.25, 0.3) is 5.19 Å². The van der Waals surface area contributed by atoms with Crippen molar-refractivity contribution in [3.8, 4) is 5.19 Å². The van der Waals surface area contributed by atoms with Gasteiger partial charge in [-0.25, -0.2) is 9.37 Å². The highest BCUT2D eigenvalue weighted by atomic mass is 32.1. The second-order valence-corrected chi connectivity index (χ2v) is 9.20. The van der Waals surface area contributed by atoms with Crippen molar-refractivity contribution >= 4 is 17.2 Å². The molecule has 0 unspecified atom stereocenters. The summed E-state index contributed by atoms with van der Waals surface area (Å²) in [6.45, 7) is 5.49. The van der Waals surface area contributed by atoms with Crippen LogP contribution in [0.15, 0.2) is 29.8 Å². The minimum Gasteiger partial charge on any atom is -0.467 e. The van der Waals surface area contributed by atoms with Gasteiger partial charge >= 0.3 is 0 Å². The summed E-state index contributed by atoms with van der Waals surface area (Å²) >= 11 is 1.55. The molecule has 0 aliphatic carbocycles. The van der Waals surface area contributed by atoms with Gasteiger partial charge in [-0.05, 0) is 56.2 Å². The fraction of sp³-hybridized carbons (Fsp3) is 0.565. The highest BCUT2D eigenvalue weighted by molar-refractivity contribution is 7.11. The molecule has 7 heteroatoms. The van der Waals surface area contributed by atoms with E-state index in [1.165, 1.54) is 0 Å². The second kappa shape index (κ2) is 9.88. The first-order chi connectivity index (χ1) is 14.6. The Bertz CT molecular complexity index is 829. The number of rotatable bonds is 6. The van der Waals surface area contributed by atoms with E-state index in [2.05, 4.69) is 9.88 Å². The van der Waals surface area contributed by atoms with Crippen LogP contribution in [0.4, 0.5) is 4.39 Å². The average Bonchev–Trinajstić information content (AvgIpc) is 3.28. The fourth-order valence-electron chi connectivity index (χ4n) is 4.45. The molecular formula is C23H30FN3O2S. The van der Waals surface area contributed by atoms with Gasteiger partial charge in [0, 0.05) is 50.2 Å². The molecule has 1 aromatic heterocycles. The second-order valence-electron chi connectivity index (χ2n) is 8.35. The standard InChI is InChI=1S/C23H30FN3O2S/c1-17-2-3-18(16-21(17)24)4-5-22(28)27-11-6-19(7-12-27)26-13-8-20(9-14-26)29-23-25-10-15-30-23/h2-3,10,15-16,19-20H,4-9,11-14H2,1H3. The molecule has 0 radical (unpaired) electrons. The van der Waals surface area contributed by atoms with E-state index in [9.17, 15) is 9.18 Å². The summed E-state index contributed by atoms with van der Waals surface area (Å²) in [6, 6.07) is 5.81. The summed E-state index contributed by atoms with van der Waals surface area (Å²) in [7, 11) is 0. The molecule has 2 saturated heterocycles. The first-order valence-corrected chi connectivity index (χ1v) is 11.8. The molecule has 4 rings (SSSR count). The van der Waals surface area contributed by atoms with Crippen LogP contribution < -0.4 is 4.74 Å². The molecule has 0 spiro atoms. The molecule has 1 amide bonds. The van der Waals surface area contributed by atoms with Gasteiger partial charge in [0.15, 0.2) is 0 Å². The lowest BCUT2D eigenvalue weighted by Crippen LogP contribution is -2.50. The van der Waals surface area contributed by atoms with Crippen LogP contribution in [0.25, 0.3) is 0 Å². The van der Waals surface area contributed by atoms with Crippen LogP contribution in [0.1, 0.15) is 43.2 Å². The molecule has 2 aliphatic rings. The number of benzene rings is 1. The third-order valence-corrected chi connectivity index (χ3v) is 7.01. The van der Waals surface area contributed by atoms with Crippen LogP contribution in [0, 0.1) is 12.7 Å². The van der Waals surface area contributed by atoms with Crippen molar-refractivity contribution < 1.29 is 13.9 Å². The molecule has 5 nitrogen and oxygen atoms in total. The van der Waals surface area contributed by atoms with E-state index < -0.39 is 0 Å². The molecule has 2 aromatic rings. The highest BCUT2D eigenvalue weighted by Gasteiger charge is 2.30. The topological polar surface area (TPSA) is 45.7 Å². The lowest BCUT2D eigenvalue weighted by Gasteiger charge is -2.41. The van der Waals surface area contributed by atoms with Crippen LogP contribution >= 0.6 is 11.3 Å². The summed E-state index contributed by atoms with van der Waals surface area (Å²) in [5.41, 5.74) is 1.54. The Hall–Kier alpha value is -1.99. The molecule has 3 heterocycles. The quantitative estimate of drug-likeness (QED) is 0.692. The van der Waals surface area contributed by atoms with E-state index in [4.69, 9.17) is 4.74 Å². The number of amides is 1. The van der Waals surface area contributed by atoms with E-state index in [1.54, 1.807) is 36.6 Å². The minimum absolute atomic E-state index is 0.185. The van der Waals surface area contributed by atoms with E-state index in [0.29, 0.717) is 24.4 Å². The van der Waals surface area contributed by atoms with Crippen molar-refractivity contribution in [3.63, 3.8) is 0 Å². The molecule has 2 aliphatic heterocycles. The predicted octanol–water partition coefficient (Wildman–Crippen LogP) is 4.06. The highest BCUT2D eigenvalue weighted by Crippen LogP contribution is 2.25. The van der Waals surface area contributed by atoms with Crippen LogP contribution in [0.2, 0.25) is 0 Å². The number of piperidine rings is 2. The molecule has 0 bridgehead atoms. The monoisotopic (exact) mass is 431 g/mol. The van der Waals surface area contributed by atoms with Crippen molar-refractivity contribution in [2.24, 2.45) is 0 Å². The lowest BCUT2D eigenvalue weighted by atomic mass is 9.98. The van der Waals surface area contributed by atoms with E-state index >= 15 is 0 Å². The first-order valence-electron chi connectivity index (χ1n) is 10.9. The summed E-state index contributed by atoms with van der Waals surface area (Å²) in [5.74, 6) is -0.00780. The molecule has 2 fully saturated rings. The van der Waals surface area contributed by atoms with Crippen molar-refractivity contribution in [2.75, 3.05) is 26.2 Å². The Morgan fingerprint density at radius 3 is 2.63 bits per heavy atom. The van der Waals surface area contributed by atoms with Gasteiger partial charge in [-0.15, -0.1) is 0 Å². The van der Waals surface area contributed by atoms with Gasteiger partial charge in [0.2, 0.25) is 5.91 Å². The zero-order valence-electron chi connectivity index (χ0n) is 17.6. The van der Waals surface area contributed by atoms with Crippen LogP contribution in [0.3, 0.4) is 0 Å². The normalized spacial score (nSPS) is 19.2. The number of aryl methyl sites for hydroxylation is 2. The van der Waals surface area contributed by atoms with Crippen LogP contribution in [-0.4, -0.2) is 59.0 Å². The van der Waals surface area contributed by atoms with Crippen molar-refractivity contribution in [2.45, 2.75) is 57.6 Å². The van der Waals surface area contributed by atoms with Gasteiger partial charge in [-0.3, -0.25) is 9.69 Å². The third kappa shape index (κ3) is 5.38. The van der Waals surface area contributed by atoms with Crippen molar-refractivity contribution in [3.05, 3.63) is 46.7 Å². The summed E-state index contributed by atoms with van der Waals surface area (Å²) < 4.78 is 19.6. The Kier molecular flexibility index (Phi) is 7.00. The Morgan fingerprint density at radius 1 is 1.20 bits per heavy atom. The zero-order chi connectivity index (χ0) is 20.9. The van der Waals surface area contributed by atoms with Gasteiger partial charge in [0.05, 0.1) is 0 Å². The number of likely N-dealkylation sites (tertiary alicyclic amines) is 2. The predicted molar refractivity (Wildman–Crippen MR) is 116 cm³/mol. The van der Waals surface area contributed by atoms with E-state index in [1.807, 2.05) is 16.3 Å². The number of hydrogen-bond acceptors (Lipinski definition) is 5. The molecule has 0 N–H and O–H groups in total. The number of thiazole rings is 1. The van der Waals surface area contributed by atoms with Gasteiger partial charge in [-0.2, -0.15) is 0 Å². The lowest BCUT2D eigenvalue weighted by molar-refractivity contribution is -0.132. The summed E-state index contributed by atoms with van der Waals surface area (Å²) in [6.07, 6.45) is 7.22. The molecule has 30 heavy (non-hydrogen) atoms. The van der Waals surface area contributed by atoms with Crippen molar-refractivity contribution in [1.82, 2.24) is 14.8 Å². The van der Waals surface area contributed by atoms with Crippen LogP contribution in [0.5, 0.6) is 5.19 Å². The Morgan fingerprint density at radius 2 is 1.97 bits per heavy atom. The number of ether oxygens (including phenoxy) is 1. The van der Waals surface area contributed by atoms with E-state index in [-0.39, 0.29) is 17.8 Å². The zero-order valence-corrected chi connectivity index (χ0v) is 18.4. The maximum Gasteiger partial charge on any atom is 0.273 e. The molecule has 0 saturated carbocycles. The summed E-state index contributed by atoms with van der Waals surface area (Å²) in [4.78, 5) is 21.4. The Labute approximate surface area is 181 Å². The summed E-state index contributed by atoms with van der Waals surface area (Å²) in [5, 5.41) is 2.71. The number of hydrogen-bond donors (Lipinski definition) is 0. The maximum atomic E-state index is 13.7. The first kappa shape index (κ1) is 21.2. The number of halogens is 1. The van der Waals surface area contributed by atoms with Gasteiger partial charge in [-0.1, -0.05) is 23.5 Å². The number of carbonyl (C=O) groups excluding carboxylic acids is 1. The number of nitrogens with zero attached hydrogens (tertiary/aromatic N) is 3. The van der Waals surface area contributed by atoms with Gasteiger partial charge in [0.1, 0.15) is 11.9 Å². The molecular weight excluding hydrogens is 401 g/mol. The van der Waals surface area contributed by atoms with E-state index in [0.717, 1.165) is 62.6 Å². The molecule has 0 atom stereocenters. The average molecular weight is 432 g/mol. The number of aromatic nitrogens is 1. The Balaban J connectivity index is 1.17. The van der Waals surface area contributed by atoms with Crippen molar-refractivity contribution in [1.29, 1.82) is 0 Å². The molecule has 1 aromatic carbocycles. The third-order valence-electron chi connectivity index (χ3n) is 6.35. The van der Waals surface area contributed by atoms with Crippen LogP contribution in [-0.2, 0) is 11.2 Å². The maximum absolute atomic E-state index is 13.7. The molecule has 162 valence electrons. The van der Waals surface area contributed by atoms with Gasteiger partial charge < -0.3 is 9.64 Å². The number of carbonyl (C=O) groups is 1.